The van der Waals surface area contributed by atoms with E-state index in [-0.39, 0.29) is 40.5 Å². The molecule has 1 aromatic heterocycles. The minimum atomic E-state index is -4.63. The maximum absolute atomic E-state index is 14.1. The molecule has 3 rings (SSSR count). The molecular formula is C25H33F3N2O3. The van der Waals surface area contributed by atoms with E-state index in [0.29, 0.717) is 5.92 Å². The lowest BCUT2D eigenvalue weighted by Gasteiger charge is -2.37. The van der Waals surface area contributed by atoms with E-state index < -0.39 is 23.2 Å². The van der Waals surface area contributed by atoms with Gasteiger partial charge < -0.3 is 15.2 Å². The number of halogens is 3. The second-order valence-corrected chi connectivity index (χ2v) is 10.1. The molecule has 1 aromatic carbocycles. The van der Waals surface area contributed by atoms with Crippen LogP contribution < -0.4 is 10.5 Å². The first-order valence-corrected chi connectivity index (χ1v) is 11.4. The predicted octanol–water partition coefficient (Wildman–Crippen LogP) is 5.97. The molecule has 0 bridgehead atoms. The van der Waals surface area contributed by atoms with Gasteiger partial charge in [-0.1, -0.05) is 26.8 Å². The van der Waals surface area contributed by atoms with E-state index in [2.05, 4.69) is 25.8 Å². The quantitative estimate of drug-likeness (QED) is 0.549. The van der Waals surface area contributed by atoms with Crippen LogP contribution in [0, 0.1) is 11.3 Å². The summed E-state index contributed by atoms with van der Waals surface area (Å²) >= 11 is 0. The van der Waals surface area contributed by atoms with E-state index in [0.717, 1.165) is 25.7 Å². The summed E-state index contributed by atoms with van der Waals surface area (Å²) in [5, 5.41) is -0.0909. The van der Waals surface area contributed by atoms with E-state index in [1.807, 2.05) is 0 Å². The molecule has 33 heavy (non-hydrogen) atoms. The molecule has 1 unspecified atom stereocenters. The van der Waals surface area contributed by atoms with Crippen LogP contribution in [-0.4, -0.2) is 23.7 Å². The van der Waals surface area contributed by atoms with Crippen LogP contribution in [0.2, 0.25) is 0 Å². The number of aromatic nitrogens is 1. The smallest absolute Gasteiger partial charge is 0.420 e. The van der Waals surface area contributed by atoms with Gasteiger partial charge >= 0.3 is 12.1 Å². The highest BCUT2D eigenvalue weighted by Crippen LogP contribution is 2.44. The maximum Gasteiger partial charge on any atom is 0.420 e. The first kappa shape index (κ1) is 25.3. The summed E-state index contributed by atoms with van der Waals surface area (Å²) in [4.78, 5) is 16.5. The van der Waals surface area contributed by atoms with Crippen LogP contribution in [-0.2, 0) is 21.2 Å². The SMILES string of the molecule is CCOC(=O)C(C)(N)c1ccc2c(C(F)(F)F)c(O[C@H]3CC[C@H](C(C)(C)C)CC3)ccc2n1. The lowest BCUT2D eigenvalue weighted by molar-refractivity contribution is -0.149. The Morgan fingerprint density at radius 2 is 1.70 bits per heavy atom. The van der Waals surface area contributed by atoms with Gasteiger partial charge in [-0.25, -0.2) is 4.79 Å². The van der Waals surface area contributed by atoms with Crippen molar-refractivity contribution in [2.45, 2.75) is 78.1 Å². The van der Waals surface area contributed by atoms with E-state index in [9.17, 15) is 18.0 Å². The standard InChI is InChI=1S/C25H33F3N2O3/c1-6-32-22(31)24(5,29)20-14-11-17-18(30-20)12-13-19(21(17)25(26,27)28)33-16-9-7-15(8-10-16)23(2,3)4/h11-16H,6-10,29H2,1-5H3/t15-,16-,24?. The number of nitrogens with two attached hydrogens (primary N) is 1. The Balaban J connectivity index is 1.93. The van der Waals surface area contributed by atoms with Crippen molar-refractivity contribution in [1.82, 2.24) is 4.98 Å². The van der Waals surface area contributed by atoms with Crippen LogP contribution in [0.3, 0.4) is 0 Å². The molecule has 0 amide bonds. The van der Waals surface area contributed by atoms with Gasteiger partial charge in [-0.05, 0) is 69.1 Å². The van der Waals surface area contributed by atoms with Gasteiger partial charge in [-0.15, -0.1) is 0 Å². The Morgan fingerprint density at radius 3 is 2.24 bits per heavy atom. The van der Waals surface area contributed by atoms with Crippen LogP contribution in [0.1, 0.15) is 71.6 Å². The summed E-state index contributed by atoms with van der Waals surface area (Å²) in [5.74, 6) is -0.355. The van der Waals surface area contributed by atoms with Crippen LogP contribution in [0.4, 0.5) is 13.2 Å². The van der Waals surface area contributed by atoms with Crippen molar-refractivity contribution < 1.29 is 27.4 Å². The molecule has 8 heteroatoms. The molecule has 0 spiro atoms. The van der Waals surface area contributed by atoms with Crippen LogP contribution in [0.25, 0.3) is 10.9 Å². The number of nitrogens with zero attached hydrogens (tertiary/aromatic N) is 1. The van der Waals surface area contributed by atoms with Crippen molar-refractivity contribution in [2.24, 2.45) is 17.1 Å². The van der Waals surface area contributed by atoms with Crippen molar-refractivity contribution in [3.8, 4) is 5.75 Å². The Hall–Kier alpha value is -2.35. The normalized spacial score (nSPS) is 21.5. The number of benzene rings is 1. The number of carbonyl (C=O) groups is 1. The zero-order valence-electron chi connectivity index (χ0n) is 19.9. The highest BCUT2D eigenvalue weighted by Gasteiger charge is 2.39. The Labute approximate surface area is 192 Å². The summed E-state index contributed by atoms with van der Waals surface area (Å²) in [7, 11) is 0. The topological polar surface area (TPSA) is 74.4 Å². The van der Waals surface area contributed by atoms with Gasteiger partial charge in [0, 0.05) is 5.39 Å². The summed E-state index contributed by atoms with van der Waals surface area (Å²) in [6, 6.07) is 5.43. The molecule has 1 atom stereocenters. The van der Waals surface area contributed by atoms with Gasteiger partial charge in [0.15, 0.2) is 5.54 Å². The third kappa shape index (κ3) is 5.42. The van der Waals surface area contributed by atoms with E-state index in [1.54, 1.807) is 6.92 Å². The number of pyridine rings is 1. The summed E-state index contributed by atoms with van der Waals surface area (Å²) in [5.41, 5.74) is 4.06. The summed E-state index contributed by atoms with van der Waals surface area (Å²) in [6.45, 7) is 9.79. The molecule has 1 saturated carbocycles. The van der Waals surface area contributed by atoms with E-state index >= 15 is 0 Å². The molecule has 1 fully saturated rings. The number of carbonyl (C=O) groups excluding carboxylic acids is 1. The van der Waals surface area contributed by atoms with Gasteiger partial charge in [0.05, 0.1) is 23.9 Å². The number of hydrogen-bond donors (Lipinski definition) is 1. The molecular weight excluding hydrogens is 433 g/mol. The third-order valence-corrected chi connectivity index (χ3v) is 6.54. The second-order valence-electron chi connectivity index (χ2n) is 10.1. The van der Waals surface area contributed by atoms with E-state index in [4.69, 9.17) is 15.2 Å². The molecule has 1 aliphatic rings. The molecule has 0 saturated heterocycles. The fraction of sp³-hybridized carbons (Fsp3) is 0.600. The number of ether oxygens (including phenoxy) is 2. The zero-order valence-corrected chi connectivity index (χ0v) is 19.9. The molecule has 0 aliphatic heterocycles. The minimum Gasteiger partial charge on any atom is -0.490 e. The molecule has 1 heterocycles. The Bertz CT molecular complexity index is 1000. The molecule has 5 nitrogen and oxygen atoms in total. The lowest BCUT2D eigenvalue weighted by atomic mass is 9.72. The summed E-state index contributed by atoms with van der Waals surface area (Å²) in [6.07, 6.45) is -1.59. The number of rotatable bonds is 5. The molecule has 0 radical (unpaired) electrons. The molecule has 1 aliphatic carbocycles. The van der Waals surface area contributed by atoms with Gasteiger partial charge in [0.2, 0.25) is 0 Å². The molecule has 2 N–H and O–H groups in total. The Morgan fingerprint density at radius 1 is 1.06 bits per heavy atom. The van der Waals surface area contributed by atoms with Crippen molar-refractivity contribution in [1.29, 1.82) is 0 Å². The van der Waals surface area contributed by atoms with Crippen LogP contribution in [0.5, 0.6) is 5.75 Å². The monoisotopic (exact) mass is 466 g/mol. The van der Waals surface area contributed by atoms with Gasteiger partial charge in [-0.3, -0.25) is 4.98 Å². The maximum atomic E-state index is 14.1. The Kier molecular flexibility index (Phi) is 6.99. The van der Waals surface area contributed by atoms with Crippen LogP contribution in [0.15, 0.2) is 24.3 Å². The van der Waals surface area contributed by atoms with Crippen molar-refractivity contribution >= 4 is 16.9 Å². The van der Waals surface area contributed by atoms with Gasteiger partial charge in [-0.2, -0.15) is 13.2 Å². The van der Waals surface area contributed by atoms with Crippen molar-refractivity contribution in [3.05, 3.63) is 35.5 Å². The fourth-order valence-electron chi connectivity index (χ4n) is 4.48. The zero-order chi connectivity index (χ0) is 24.6. The minimum absolute atomic E-state index is 0.0876. The highest BCUT2D eigenvalue weighted by molar-refractivity contribution is 5.87. The average molecular weight is 467 g/mol. The van der Waals surface area contributed by atoms with Crippen molar-refractivity contribution in [2.75, 3.05) is 6.61 Å². The highest BCUT2D eigenvalue weighted by atomic mass is 19.4. The van der Waals surface area contributed by atoms with Crippen LogP contribution >= 0.6 is 0 Å². The number of fused-ring (bicyclic) bond motifs is 1. The van der Waals surface area contributed by atoms with Gasteiger partial charge in [0.25, 0.3) is 0 Å². The first-order valence-electron chi connectivity index (χ1n) is 11.4. The first-order chi connectivity index (χ1) is 15.2. The lowest BCUT2D eigenvalue weighted by Crippen LogP contribution is -2.43. The number of esters is 1. The van der Waals surface area contributed by atoms with Crippen molar-refractivity contribution in [3.63, 3.8) is 0 Å². The predicted molar refractivity (Wildman–Crippen MR) is 121 cm³/mol. The summed E-state index contributed by atoms with van der Waals surface area (Å²) < 4.78 is 53.2. The molecule has 2 aromatic rings. The largest absolute Gasteiger partial charge is 0.490 e. The number of hydrogen-bond acceptors (Lipinski definition) is 5. The fourth-order valence-corrected chi connectivity index (χ4v) is 4.48. The third-order valence-electron chi connectivity index (χ3n) is 6.54. The van der Waals surface area contributed by atoms with Gasteiger partial charge in [0.1, 0.15) is 11.3 Å². The second kappa shape index (κ2) is 9.12. The average Bonchev–Trinajstić information content (AvgIpc) is 2.72. The molecule has 182 valence electrons. The van der Waals surface area contributed by atoms with E-state index in [1.165, 1.54) is 31.2 Å². The number of alkyl halides is 3.